The van der Waals surface area contributed by atoms with Gasteiger partial charge in [0.2, 0.25) is 0 Å². The Morgan fingerprint density at radius 3 is 2.78 bits per heavy atom. The van der Waals surface area contributed by atoms with Gasteiger partial charge in [-0.05, 0) is 72.5 Å². The van der Waals surface area contributed by atoms with Crippen LogP contribution in [0.25, 0.3) is 46.1 Å². The van der Waals surface area contributed by atoms with Crippen LogP contribution in [0.5, 0.6) is 0 Å². The minimum Gasteiger partial charge on any atom is -0.353 e. The molecule has 0 aliphatic carbocycles. The Morgan fingerprint density at radius 1 is 1.16 bits per heavy atom. The largest absolute Gasteiger partial charge is 0.353 e. The van der Waals surface area contributed by atoms with E-state index >= 15 is 0 Å². The number of allylic oxidation sites excluding steroid dienone is 2. The fourth-order valence-electron chi connectivity index (χ4n) is 4.20. The van der Waals surface area contributed by atoms with Gasteiger partial charge in [-0.25, -0.2) is 4.39 Å². The lowest BCUT2D eigenvalue weighted by Crippen LogP contribution is -2.22. The van der Waals surface area contributed by atoms with E-state index < -0.39 is 0 Å². The van der Waals surface area contributed by atoms with Crippen LogP contribution in [-0.2, 0) is 0 Å². The molecule has 0 spiro atoms. The summed E-state index contributed by atoms with van der Waals surface area (Å²) in [4.78, 5) is 3.46. The number of rotatable bonds is 4. The molecular formula is C27H25FN4. The summed E-state index contributed by atoms with van der Waals surface area (Å²) in [6.45, 7) is 8.35. The predicted molar refractivity (Wildman–Crippen MR) is 130 cm³/mol. The van der Waals surface area contributed by atoms with Crippen LogP contribution in [0, 0.1) is 5.82 Å². The van der Waals surface area contributed by atoms with Crippen LogP contribution >= 0.6 is 0 Å². The maximum atomic E-state index is 13.4. The number of aromatic amines is 2. The van der Waals surface area contributed by atoms with Gasteiger partial charge in [0, 0.05) is 22.7 Å². The summed E-state index contributed by atoms with van der Waals surface area (Å²) in [5, 5.41) is 13.8. The molecule has 3 heterocycles. The fraction of sp³-hybridized carbons (Fsp3) is 0.148. The zero-order chi connectivity index (χ0) is 22.1. The lowest BCUT2D eigenvalue weighted by molar-refractivity contribution is 0.628. The molecule has 0 amide bonds. The van der Waals surface area contributed by atoms with Crippen molar-refractivity contribution in [2.45, 2.75) is 13.3 Å². The van der Waals surface area contributed by atoms with E-state index in [0.29, 0.717) is 0 Å². The molecular weight excluding hydrogens is 399 g/mol. The summed E-state index contributed by atoms with van der Waals surface area (Å²) in [5.74, 6) is -0.238. The summed E-state index contributed by atoms with van der Waals surface area (Å²) in [6.07, 6.45) is 7.47. The number of hydrogen-bond donors (Lipinski definition) is 3. The van der Waals surface area contributed by atoms with Crippen molar-refractivity contribution in [2.75, 3.05) is 13.1 Å². The first-order chi connectivity index (χ1) is 15.6. The molecule has 5 heteroatoms. The number of benzene rings is 2. The van der Waals surface area contributed by atoms with Gasteiger partial charge < -0.3 is 10.3 Å². The van der Waals surface area contributed by atoms with Gasteiger partial charge in [0.15, 0.2) is 0 Å². The molecule has 160 valence electrons. The third kappa shape index (κ3) is 3.83. The van der Waals surface area contributed by atoms with Gasteiger partial charge in [-0.15, -0.1) is 0 Å². The minimum absolute atomic E-state index is 0.238. The second kappa shape index (κ2) is 8.44. The summed E-state index contributed by atoms with van der Waals surface area (Å²) in [6, 6.07) is 14.7. The molecule has 32 heavy (non-hydrogen) atoms. The van der Waals surface area contributed by atoms with Crippen molar-refractivity contribution in [1.29, 1.82) is 0 Å². The molecule has 0 radical (unpaired) electrons. The van der Waals surface area contributed by atoms with Crippen LogP contribution < -0.4 is 15.9 Å². The average Bonchev–Trinajstić information content (AvgIpc) is 3.41. The van der Waals surface area contributed by atoms with E-state index in [1.54, 1.807) is 12.1 Å². The first kappa shape index (κ1) is 20.2. The third-order valence-corrected chi connectivity index (χ3v) is 6.04. The number of nitrogens with zero attached hydrogens (tertiary/aromatic N) is 1. The molecule has 0 bridgehead atoms. The molecule has 4 aromatic rings. The normalized spacial score (nSPS) is 15.4. The Balaban J connectivity index is 1.52. The molecule has 1 aliphatic heterocycles. The van der Waals surface area contributed by atoms with E-state index in [9.17, 15) is 4.39 Å². The molecule has 3 N–H and O–H groups in total. The maximum Gasteiger partial charge on any atom is 0.123 e. The molecule has 0 unspecified atom stereocenters. The van der Waals surface area contributed by atoms with Gasteiger partial charge in [0.1, 0.15) is 11.5 Å². The highest BCUT2D eigenvalue weighted by molar-refractivity contribution is 5.97. The minimum atomic E-state index is -0.238. The van der Waals surface area contributed by atoms with Crippen LogP contribution in [0.15, 0.2) is 71.8 Å². The van der Waals surface area contributed by atoms with Gasteiger partial charge in [-0.2, -0.15) is 5.10 Å². The Bertz CT molecular complexity index is 1450. The van der Waals surface area contributed by atoms with Gasteiger partial charge in [-0.1, -0.05) is 43.0 Å². The topological polar surface area (TPSA) is 56.5 Å². The lowest BCUT2D eigenvalue weighted by atomic mass is 10.0. The smallest absolute Gasteiger partial charge is 0.123 e. The third-order valence-electron chi connectivity index (χ3n) is 6.04. The SMILES string of the molecule is C=c1c(-c2cc3c(-c4ccc(F)cc4)cccc3[nH]2)n[nH]/c1=C/C=C(\C)C1=CCNCC1. The summed E-state index contributed by atoms with van der Waals surface area (Å²) in [5.41, 5.74) is 7.36. The Morgan fingerprint density at radius 2 is 2.00 bits per heavy atom. The summed E-state index contributed by atoms with van der Waals surface area (Å²) < 4.78 is 13.4. The summed E-state index contributed by atoms with van der Waals surface area (Å²) in [7, 11) is 0. The highest BCUT2D eigenvalue weighted by Crippen LogP contribution is 2.31. The molecule has 0 fully saturated rings. The van der Waals surface area contributed by atoms with Crippen molar-refractivity contribution in [3.63, 3.8) is 0 Å². The predicted octanol–water partition coefficient (Wildman–Crippen LogP) is 4.42. The van der Waals surface area contributed by atoms with Gasteiger partial charge >= 0.3 is 0 Å². The van der Waals surface area contributed by atoms with Crippen LogP contribution in [0.4, 0.5) is 4.39 Å². The Labute approximate surface area is 185 Å². The molecule has 2 aromatic carbocycles. The van der Waals surface area contributed by atoms with E-state index in [4.69, 9.17) is 0 Å². The quantitative estimate of drug-likeness (QED) is 0.454. The fourth-order valence-corrected chi connectivity index (χ4v) is 4.20. The van der Waals surface area contributed by atoms with E-state index in [1.165, 1.54) is 23.3 Å². The number of aromatic nitrogens is 3. The average molecular weight is 425 g/mol. The van der Waals surface area contributed by atoms with E-state index in [0.717, 1.165) is 63.5 Å². The molecule has 1 aliphatic rings. The number of hydrogen-bond acceptors (Lipinski definition) is 2. The van der Waals surface area contributed by atoms with Gasteiger partial charge in [0.25, 0.3) is 0 Å². The number of nitrogens with one attached hydrogen (secondary N) is 3. The van der Waals surface area contributed by atoms with Crippen molar-refractivity contribution in [3.8, 4) is 22.5 Å². The highest BCUT2D eigenvalue weighted by atomic mass is 19.1. The van der Waals surface area contributed by atoms with Crippen LogP contribution in [0.1, 0.15) is 13.3 Å². The number of halogens is 1. The van der Waals surface area contributed by atoms with Crippen LogP contribution in [-0.4, -0.2) is 28.3 Å². The highest BCUT2D eigenvalue weighted by Gasteiger charge is 2.11. The Hall–Kier alpha value is -3.70. The zero-order valence-corrected chi connectivity index (χ0v) is 18.0. The monoisotopic (exact) mass is 424 g/mol. The maximum absolute atomic E-state index is 13.4. The number of H-pyrrole nitrogens is 2. The molecule has 2 aromatic heterocycles. The standard InChI is InChI=1S/C27H25FN4/c1-17(19-12-14-29-15-13-19)6-11-24-18(2)27(32-31-24)26-16-23-22(4-3-5-25(23)30-26)20-7-9-21(28)10-8-20/h3-12,16,29-31H,2,13-15H2,1H3/b17-6+,24-11+. The van der Waals surface area contributed by atoms with E-state index in [2.05, 4.69) is 52.2 Å². The number of fused-ring (bicyclic) bond motifs is 1. The molecule has 5 rings (SSSR count). The summed E-state index contributed by atoms with van der Waals surface area (Å²) >= 11 is 0. The van der Waals surface area contributed by atoms with Crippen molar-refractivity contribution in [1.82, 2.24) is 20.5 Å². The van der Waals surface area contributed by atoms with Gasteiger partial charge in [0.05, 0.1) is 11.0 Å². The van der Waals surface area contributed by atoms with Crippen LogP contribution in [0.2, 0.25) is 0 Å². The molecule has 0 saturated carbocycles. The molecule has 0 saturated heterocycles. The second-order valence-corrected chi connectivity index (χ2v) is 8.12. The first-order valence-electron chi connectivity index (χ1n) is 10.8. The van der Waals surface area contributed by atoms with Crippen molar-refractivity contribution in [2.24, 2.45) is 0 Å². The van der Waals surface area contributed by atoms with Crippen molar-refractivity contribution in [3.05, 3.63) is 88.2 Å². The van der Waals surface area contributed by atoms with Crippen molar-refractivity contribution < 1.29 is 4.39 Å². The second-order valence-electron chi connectivity index (χ2n) is 8.12. The van der Waals surface area contributed by atoms with Crippen molar-refractivity contribution >= 4 is 23.6 Å². The Kier molecular flexibility index (Phi) is 5.33. The van der Waals surface area contributed by atoms with Crippen LogP contribution in [0.3, 0.4) is 0 Å². The molecule has 0 atom stereocenters. The van der Waals surface area contributed by atoms with Gasteiger partial charge in [-0.3, -0.25) is 5.10 Å². The zero-order valence-electron chi connectivity index (χ0n) is 18.0. The first-order valence-corrected chi connectivity index (χ1v) is 10.8. The van der Waals surface area contributed by atoms with E-state index in [1.807, 2.05) is 24.3 Å². The molecule has 4 nitrogen and oxygen atoms in total. The lowest BCUT2D eigenvalue weighted by Gasteiger charge is -2.13. The van der Waals surface area contributed by atoms with E-state index in [-0.39, 0.29) is 5.82 Å².